The molecule has 2 nitrogen and oxygen atoms in total. The molecule has 0 aliphatic rings. The van der Waals surface area contributed by atoms with Crippen molar-refractivity contribution in [2.24, 2.45) is 0 Å². The van der Waals surface area contributed by atoms with Crippen molar-refractivity contribution in [2.75, 3.05) is 6.61 Å². The van der Waals surface area contributed by atoms with E-state index < -0.39 is 12.5 Å². The summed E-state index contributed by atoms with van der Waals surface area (Å²) in [5, 5.41) is 9.36. The molecule has 106 valence electrons. The average molecular weight is 299 g/mol. The Bertz CT molecular complexity index is 573. The van der Waals surface area contributed by atoms with Gasteiger partial charge >= 0.3 is 5.92 Å². The van der Waals surface area contributed by atoms with Crippen molar-refractivity contribution in [3.05, 3.63) is 64.7 Å². The third kappa shape index (κ3) is 3.26. The lowest BCUT2D eigenvalue weighted by atomic mass is 10.1. The van der Waals surface area contributed by atoms with E-state index in [4.69, 9.17) is 21.4 Å². The van der Waals surface area contributed by atoms with Crippen molar-refractivity contribution in [3.8, 4) is 5.75 Å². The molecule has 5 heteroatoms. The molecule has 0 bridgehead atoms. The second kappa shape index (κ2) is 6.20. The van der Waals surface area contributed by atoms with Crippen LogP contribution in [0.25, 0.3) is 0 Å². The molecule has 0 aliphatic heterocycles. The first-order valence-electron chi connectivity index (χ1n) is 5.99. The number of benzene rings is 2. The molecule has 0 saturated heterocycles. The van der Waals surface area contributed by atoms with Gasteiger partial charge in [-0.3, -0.25) is 0 Å². The first-order valence-corrected chi connectivity index (χ1v) is 6.37. The van der Waals surface area contributed by atoms with Crippen molar-refractivity contribution >= 4 is 11.6 Å². The molecule has 0 heterocycles. The summed E-state index contributed by atoms with van der Waals surface area (Å²) in [4.78, 5) is 0. The van der Waals surface area contributed by atoms with E-state index >= 15 is 0 Å². The van der Waals surface area contributed by atoms with Crippen LogP contribution >= 0.6 is 11.6 Å². The Balaban J connectivity index is 2.17. The maximum Gasteiger partial charge on any atom is 0.306 e. The normalized spacial score (nSPS) is 11.4. The number of aliphatic hydroxyl groups is 1. The summed E-state index contributed by atoms with van der Waals surface area (Å²) < 4.78 is 33.1. The summed E-state index contributed by atoms with van der Waals surface area (Å²) in [5.41, 5.74) is 0.249. The zero-order valence-electron chi connectivity index (χ0n) is 10.5. The largest absolute Gasteiger partial charge is 0.485 e. The van der Waals surface area contributed by atoms with Crippen molar-refractivity contribution in [1.82, 2.24) is 0 Å². The Kier molecular flexibility index (Phi) is 4.57. The zero-order chi connectivity index (χ0) is 14.6. The molecule has 2 rings (SSSR count). The number of rotatable bonds is 5. The number of halogens is 3. The van der Waals surface area contributed by atoms with Gasteiger partial charge in [0.1, 0.15) is 5.75 Å². The third-order valence-corrected chi connectivity index (χ3v) is 3.11. The lowest BCUT2D eigenvalue weighted by Crippen LogP contribution is -2.23. The zero-order valence-corrected chi connectivity index (χ0v) is 11.3. The molecule has 0 radical (unpaired) electrons. The highest BCUT2D eigenvalue weighted by molar-refractivity contribution is 6.32. The van der Waals surface area contributed by atoms with Crippen LogP contribution in [0.1, 0.15) is 11.1 Å². The van der Waals surface area contributed by atoms with Crippen LogP contribution in [0, 0.1) is 0 Å². The fraction of sp³-hybridized carbons (Fsp3) is 0.200. The number of hydrogen-bond donors (Lipinski definition) is 1. The minimum Gasteiger partial charge on any atom is -0.485 e. The minimum atomic E-state index is -3.13. The summed E-state index contributed by atoms with van der Waals surface area (Å²) in [6.45, 7) is -1.17. The molecule has 0 unspecified atom stereocenters. The summed E-state index contributed by atoms with van der Waals surface area (Å²) in [6.07, 6.45) is 0. The smallest absolute Gasteiger partial charge is 0.306 e. The topological polar surface area (TPSA) is 29.5 Å². The van der Waals surface area contributed by atoms with Crippen LogP contribution in [-0.4, -0.2) is 11.7 Å². The monoisotopic (exact) mass is 298 g/mol. The molecule has 0 aromatic heterocycles. The minimum absolute atomic E-state index is 0.0901. The average Bonchev–Trinajstić information content (AvgIpc) is 2.46. The van der Waals surface area contributed by atoms with E-state index in [0.717, 1.165) is 0 Å². The summed E-state index contributed by atoms with van der Waals surface area (Å²) in [7, 11) is 0. The van der Waals surface area contributed by atoms with Gasteiger partial charge in [0.2, 0.25) is 0 Å². The second-order valence-electron chi connectivity index (χ2n) is 4.25. The van der Waals surface area contributed by atoms with Gasteiger partial charge in [-0.1, -0.05) is 54.1 Å². The van der Waals surface area contributed by atoms with Gasteiger partial charge in [-0.25, -0.2) is 0 Å². The van der Waals surface area contributed by atoms with Crippen LogP contribution in [-0.2, 0) is 12.5 Å². The molecule has 0 aliphatic carbocycles. The van der Waals surface area contributed by atoms with E-state index in [2.05, 4.69) is 0 Å². The Labute approximate surface area is 120 Å². The Morgan fingerprint density at radius 1 is 1.05 bits per heavy atom. The van der Waals surface area contributed by atoms with Crippen molar-refractivity contribution in [3.63, 3.8) is 0 Å². The quantitative estimate of drug-likeness (QED) is 0.904. The van der Waals surface area contributed by atoms with Gasteiger partial charge in [-0.05, 0) is 6.07 Å². The lowest BCUT2D eigenvalue weighted by molar-refractivity contribution is -0.0471. The molecule has 2 aromatic rings. The van der Waals surface area contributed by atoms with E-state index in [9.17, 15) is 8.78 Å². The summed E-state index contributed by atoms with van der Waals surface area (Å²) in [5.74, 6) is -3.04. The van der Waals surface area contributed by atoms with Gasteiger partial charge in [0.15, 0.2) is 6.61 Å². The Morgan fingerprint density at radius 2 is 1.75 bits per heavy atom. The number of aliphatic hydroxyl groups excluding tert-OH is 1. The second-order valence-corrected chi connectivity index (χ2v) is 4.65. The fourth-order valence-corrected chi connectivity index (χ4v) is 2.02. The maximum absolute atomic E-state index is 14.0. The molecular formula is C15H13ClF2O2. The number of alkyl halides is 2. The number of para-hydroxylation sites is 1. The molecule has 0 spiro atoms. The predicted octanol–water partition coefficient (Wildman–Crippen LogP) is 4.00. The van der Waals surface area contributed by atoms with Gasteiger partial charge in [0.25, 0.3) is 0 Å². The van der Waals surface area contributed by atoms with Gasteiger partial charge < -0.3 is 9.84 Å². The van der Waals surface area contributed by atoms with E-state index in [-0.39, 0.29) is 22.9 Å². The van der Waals surface area contributed by atoms with Crippen LogP contribution < -0.4 is 4.74 Å². The fourth-order valence-electron chi connectivity index (χ4n) is 1.77. The van der Waals surface area contributed by atoms with Gasteiger partial charge in [-0.15, -0.1) is 0 Å². The van der Waals surface area contributed by atoms with Gasteiger partial charge in [0, 0.05) is 11.1 Å². The SMILES string of the molecule is OCc1cccc(Cl)c1OCC(F)(F)c1ccccc1. The van der Waals surface area contributed by atoms with E-state index in [0.29, 0.717) is 5.56 Å². The maximum atomic E-state index is 14.0. The Hall–Kier alpha value is -1.65. The van der Waals surface area contributed by atoms with Crippen molar-refractivity contribution in [2.45, 2.75) is 12.5 Å². The predicted molar refractivity (Wildman–Crippen MR) is 73.2 cm³/mol. The molecular weight excluding hydrogens is 286 g/mol. The molecule has 0 amide bonds. The highest BCUT2D eigenvalue weighted by atomic mass is 35.5. The van der Waals surface area contributed by atoms with Crippen LogP contribution in [0.15, 0.2) is 48.5 Å². The van der Waals surface area contributed by atoms with Gasteiger partial charge in [0.05, 0.1) is 11.6 Å². The number of ether oxygens (including phenoxy) is 1. The highest BCUT2D eigenvalue weighted by Crippen LogP contribution is 2.33. The van der Waals surface area contributed by atoms with Crippen LogP contribution in [0.4, 0.5) is 8.78 Å². The molecule has 2 aromatic carbocycles. The Morgan fingerprint density at radius 3 is 2.40 bits per heavy atom. The van der Waals surface area contributed by atoms with Crippen LogP contribution in [0.2, 0.25) is 5.02 Å². The van der Waals surface area contributed by atoms with Gasteiger partial charge in [-0.2, -0.15) is 8.78 Å². The molecule has 0 atom stereocenters. The highest BCUT2D eigenvalue weighted by Gasteiger charge is 2.32. The molecule has 20 heavy (non-hydrogen) atoms. The summed E-state index contributed by atoms with van der Waals surface area (Å²) >= 11 is 5.90. The summed E-state index contributed by atoms with van der Waals surface area (Å²) in [6, 6.07) is 12.1. The first-order chi connectivity index (χ1) is 9.54. The molecule has 1 N–H and O–H groups in total. The van der Waals surface area contributed by atoms with Crippen molar-refractivity contribution < 1.29 is 18.6 Å². The lowest BCUT2D eigenvalue weighted by Gasteiger charge is -2.19. The van der Waals surface area contributed by atoms with Crippen LogP contribution in [0.3, 0.4) is 0 Å². The van der Waals surface area contributed by atoms with E-state index in [1.54, 1.807) is 18.2 Å². The third-order valence-electron chi connectivity index (χ3n) is 2.81. The van der Waals surface area contributed by atoms with Crippen molar-refractivity contribution in [1.29, 1.82) is 0 Å². The number of hydrogen-bond acceptors (Lipinski definition) is 2. The van der Waals surface area contributed by atoms with E-state index in [1.807, 2.05) is 0 Å². The first kappa shape index (κ1) is 14.8. The van der Waals surface area contributed by atoms with Crippen LogP contribution in [0.5, 0.6) is 5.75 Å². The standard InChI is InChI=1S/C15H13ClF2O2/c16-13-8-4-5-11(9-19)14(13)20-10-15(17,18)12-6-2-1-3-7-12/h1-8,19H,9-10H2. The molecule has 0 fully saturated rings. The van der Waals surface area contributed by atoms with E-state index in [1.165, 1.54) is 30.3 Å². The molecule has 0 saturated carbocycles.